The number of tetrazole rings is 1. The van der Waals surface area contributed by atoms with Crippen LogP contribution in [0, 0.1) is 13.8 Å². The highest BCUT2D eigenvalue weighted by Gasteiger charge is 2.30. The Morgan fingerprint density at radius 1 is 1.22 bits per heavy atom. The number of nitrogens with zero attached hydrogens (tertiary/aromatic N) is 5. The second-order valence-electron chi connectivity index (χ2n) is 6.03. The number of rotatable bonds is 5. The molecule has 0 aliphatic carbocycles. The lowest BCUT2D eigenvalue weighted by molar-refractivity contribution is -0.141. The predicted octanol–water partition coefficient (Wildman–Crippen LogP) is 3.86. The number of carbonyl (C=O) groups excluding carboxylic acids is 1. The van der Waals surface area contributed by atoms with Crippen LogP contribution in [-0.2, 0) is 13.1 Å². The fourth-order valence-electron chi connectivity index (χ4n) is 2.78. The maximum atomic E-state index is 12.7. The largest absolute Gasteiger partial charge is 0.406 e. The molecule has 2 heterocycles. The van der Waals surface area contributed by atoms with Crippen molar-refractivity contribution in [2.24, 2.45) is 0 Å². The molecule has 3 aromatic rings. The molecular weight excluding hydrogens is 383 g/mol. The first-order valence-corrected chi connectivity index (χ1v) is 8.33. The number of aromatic nitrogens is 5. The molecule has 0 atom stereocenters. The van der Waals surface area contributed by atoms with Gasteiger partial charge in [0, 0.05) is 22.5 Å². The average Bonchev–Trinajstić information content (AvgIpc) is 3.14. The molecule has 0 bridgehead atoms. The van der Waals surface area contributed by atoms with E-state index in [9.17, 15) is 18.0 Å². The lowest BCUT2D eigenvalue weighted by Gasteiger charge is -2.12. The zero-order chi connectivity index (χ0) is 19.8. The molecule has 2 aromatic heterocycles. The van der Waals surface area contributed by atoms with Crippen LogP contribution in [0.25, 0.3) is 11.4 Å². The number of alkyl halides is 3. The highest BCUT2D eigenvalue weighted by atomic mass is 35.5. The van der Waals surface area contributed by atoms with Crippen LogP contribution in [0.3, 0.4) is 0 Å². The summed E-state index contributed by atoms with van der Waals surface area (Å²) in [5, 5.41) is 12.3. The third kappa shape index (κ3) is 4.19. The molecule has 0 fully saturated rings. The van der Waals surface area contributed by atoms with Gasteiger partial charge < -0.3 is 4.57 Å². The zero-order valence-corrected chi connectivity index (χ0v) is 15.2. The van der Waals surface area contributed by atoms with Gasteiger partial charge in [0.25, 0.3) is 0 Å². The Morgan fingerprint density at radius 3 is 2.59 bits per heavy atom. The molecule has 0 aliphatic heterocycles. The van der Waals surface area contributed by atoms with Crippen LogP contribution < -0.4 is 0 Å². The van der Waals surface area contributed by atoms with Crippen LogP contribution in [0.4, 0.5) is 13.2 Å². The monoisotopic (exact) mass is 397 g/mol. The summed E-state index contributed by atoms with van der Waals surface area (Å²) in [6, 6.07) is 8.36. The number of ketones is 1. The van der Waals surface area contributed by atoms with E-state index in [1.807, 2.05) is 0 Å². The molecule has 6 nitrogen and oxygen atoms in total. The Morgan fingerprint density at radius 2 is 1.93 bits per heavy atom. The van der Waals surface area contributed by atoms with Crippen molar-refractivity contribution in [3.63, 3.8) is 0 Å². The maximum Gasteiger partial charge on any atom is 0.406 e. The van der Waals surface area contributed by atoms with E-state index in [0.29, 0.717) is 16.3 Å². The minimum absolute atomic E-state index is 0.202. The Bertz CT molecular complexity index is 993. The van der Waals surface area contributed by atoms with E-state index in [-0.39, 0.29) is 23.6 Å². The first-order chi connectivity index (χ1) is 12.7. The van der Waals surface area contributed by atoms with E-state index in [2.05, 4.69) is 15.4 Å². The van der Waals surface area contributed by atoms with Gasteiger partial charge in [0.05, 0.1) is 5.02 Å². The summed E-state index contributed by atoms with van der Waals surface area (Å²) in [7, 11) is 0. The van der Waals surface area contributed by atoms with E-state index >= 15 is 0 Å². The molecule has 0 radical (unpaired) electrons. The topological polar surface area (TPSA) is 65.6 Å². The van der Waals surface area contributed by atoms with Crippen LogP contribution in [0.2, 0.25) is 5.02 Å². The summed E-state index contributed by atoms with van der Waals surface area (Å²) in [5.74, 6) is -0.143. The first-order valence-electron chi connectivity index (χ1n) is 7.95. The summed E-state index contributed by atoms with van der Waals surface area (Å²) in [4.78, 5) is 13.6. The summed E-state index contributed by atoms with van der Waals surface area (Å²) in [5.41, 5.74) is 1.38. The van der Waals surface area contributed by atoms with Crippen LogP contribution in [0.5, 0.6) is 0 Å². The molecule has 0 aliphatic rings. The van der Waals surface area contributed by atoms with Crippen molar-refractivity contribution in [1.82, 2.24) is 24.8 Å². The Hall–Kier alpha value is -2.68. The molecule has 0 N–H and O–H groups in total. The molecule has 0 amide bonds. The number of hydrogen-bond donors (Lipinski definition) is 0. The van der Waals surface area contributed by atoms with Gasteiger partial charge in [-0.2, -0.15) is 18.0 Å². The number of Topliss-reactive ketones (excluding diaryl/α,β-unsaturated/α-hetero) is 1. The molecule has 0 saturated carbocycles. The highest BCUT2D eigenvalue weighted by Crippen LogP contribution is 2.25. The molecule has 1 aromatic carbocycles. The number of aryl methyl sites for hydroxylation is 1. The van der Waals surface area contributed by atoms with Gasteiger partial charge >= 0.3 is 6.18 Å². The Labute approximate surface area is 157 Å². The van der Waals surface area contributed by atoms with Crippen molar-refractivity contribution in [2.45, 2.75) is 33.1 Å². The van der Waals surface area contributed by atoms with Crippen LogP contribution in [-0.4, -0.2) is 36.7 Å². The summed E-state index contributed by atoms with van der Waals surface area (Å²) < 4.78 is 39.2. The molecule has 0 unspecified atom stereocenters. The lowest BCUT2D eigenvalue weighted by Crippen LogP contribution is -2.20. The van der Waals surface area contributed by atoms with Crippen molar-refractivity contribution < 1.29 is 18.0 Å². The first kappa shape index (κ1) is 19.1. The molecule has 0 saturated heterocycles. The standard InChI is InChI=1S/C17H15ClF3N5O/c1-10-7-13(11(2)25(10)9-17(19,20)21)15(27)8-26-23-16(22-24-26)12-5-3-4-6-14(12)18/h3-7H,8-9H2,1-2H3. The van der Waals surface area contributed by atoms with Gasteiger partial charge in [-0.25, -0.2) is 0 Å². The normalized spacial score (nSPS) is 11.8. The fourth-order valence-corrected chi connectivity index (χ4v) is 3.00. The van der Waals surface area contributed by atoms with Gasteiger partial charge in [0.15, 0.2) is 5.78 Å². The third-order valence-electron chi connectivity index (χ3n) is 4.06. The summed E-state index contributed by atoms with van der Waals surface area (Å²) in [6.45, 7) is 1.62. The SMILES string of the molecule is Cc1cc(C(=O)Cn2nnc(-c3ccccc3Cl)n2)c(C)n1CC(F)(F)F. The smallest absolute Gasteiger partial charge is 0.339 e. The second kappa shape index (κ2) is 7.15. The third-order valence-corrected chi connectivity index (χ3v) is 4.39. The average molecular weight is 398 g/mol. The van der Waals surface area contributed by atoms with Gasteiger partial charge in [-0.15, -0.1) is 10.2 Å². The molecule has 0 spiro atoms. The number of hydrogen-bond acceptors (Lipinski definition) is 4. The van der Waals surface area contributed by atoms with E-state index in [0.717, 1.165) is 9.36 Å². The van der Waals surface area contributed by atoms with E-state index in [1.165, 1.54) is 19.9 Å². The summed E-state index contributed by atoms with van der Waals surface area (Å²) >= 11 is 6.08. The zero-order valence-electron chi connectivity index (χ0n) is 14.5. The van der Waals surface area contributed by atoms with Crippen LogP contribution in [0.15, 0.2) is 30.3 Å². The summed E-state index contributed by atoms with van der Waals surface area (Å²) in [6.07, 6.45) is -4.37. The van der Waals surface area contributed by atoms with E-state index in [1.54, 1.807) is 24.3 Å². The molecule has 10 heteroatoms. The van der Waals surface area contributed by atoms with Gasteiger partial charge in [0.2, 0.25) is 5.82 Å². The van der Waals surface area contributed by atoms with Crippen molar-refractivity contribution in [2.75, 3.05) is 0 Å². The molecular formula is C17H15ClF3N5O. The van der Waals surface area contributed by atoms with Crippen molar-refractivity contribution in [3.05, 3.63) is 52.3 Å². The second-order valence-corrected chi connectivity index (χ2v) is 6.44. The van der Waals surface area contributed by atoms with Gasteiger partial charge in [-0.1, -0.05) is 23.7 Å². The van der Waals surface area contributed by atoms with Gasteiger partial charge in [-0.3, -0.25) is 4.79 Å². The lowest BCUT2D eigenvalue weighted by atomic mass is 10.1. The molecule has 27 heavy (non-hydrogen) atoms. The Kier molecular flexibility index (Phi) is 5.05. The Balaban J connectivity index is 1.81. The van der Waals surface area contributed by atoms with Gasteiger partial charge in [0.1, 0.15) is 13.1 Å². The van der Waals surface area contributed by atoms with Crippen molar-refractivity contribution in [3.8, 4) is 11.4 Å². The predicted molar refractivity (Wildman–Crippen MR) is 92.6 cm³/mol. The quantitative estimate of drug-likeness (QED) is 0.613. The van der Waals surface area contributed by atoms with E-state index in [4.69, 9.17) is 11.6 Å². The van der Waals surface area contributed by atoms with Crippen LogP contribution >= 0.6 is 11.6 Å². The molecule has 142 valence electrons. The maximum absolute atomic E-state index is 12.7. The number of halogens is 4. The number of carbonyl (C=O) groups is 1. The minimum Gasteiger partial charge on any atom is -0.339 e. The minimum atomic E-state index is -4.37. The highest BCUT2D eigenvalue weighted by molar-refractivity contribution is 6.33. The van der Waals surface area contributed by atoms with E-state index < -0.39 is 18.5 Å². The fraction of sp³-hybridized carbons (Fsp3) is 0.294. The van der Waals surface area contributed by atoms with Crippen molar-refractivity contribution in [1.29, 1.82) is 0 Å². The van der Waals surface area contributed by atoms with Crippen molar-refractivity contribution >= 4 is 17.4 Å². The van der Waals surface area contributed by atoms with Gasteiger partial charge in [-0.05, 0) is 37.3 Å². The number of benzene rings is 1. The molecule has 3 rings (SSSR count). The van der Waals surface area contributed by atoms with Crippen LogP contribution in [0.1, 0.15) is 21.7 Å².